The van der Waals surface area contributed by atoms with Gasteiger partial charge in [0.1, 0.15) is 0 Å². The topological polar surface area (TPSA) is 49.4 Å². The molecule has 0 aromatic heterocycles. The molecule has 142 valence electrons. The van der Waals surface area contributed by atoms with E-state index in [2.05, 4.69) is 16.3 Å². The highest BCUT2D eigenvalue weighted by atomic mass is 35.5. The Bertz CT molecular complexity index is 783. The second-order valence-electron chi connectivity index (χ2n) is 7.02. The van der Waals surface area contributed by atoms with Crippen molar-refractivity contribution in [2.75, 3.05) is 18.4 Å². The smallest absolute Gasteiger partial charge is 0.224 e. The molecule has 1 fully saturated rings. The number of carbonyl (C=O) groups excluding carboxylic acids is 2. The molecule has 2 aromatic carbocycles. The summed E-state index contributed by atoms with van der Waals surface area (Å²) in [4.78, 5) is 26.8. The van der Waals surface area contributed by atoms with Crippen LogP contribution >= 0.6 is 11.6 Å². The SMILES string of the molecule is O=C(CCC(=O)c1ccc(Cl)cc1)Nc1cccc(CN2CCCCC2)c1. The fourth-order valence-electron chi connectivity index (χ4n) is 3.35. The molecule has 0 saturated carbocycles. The van der Waals surface area contributed by atoms with Crippen molar-refractivity contribution < 1.29 is 9.59 Å². The van der Waals surface area contributed by atoms with E-state index in [1.165, 1.54) is 24.8 Å². The van der Waals surface area contributed by atoms with E-state index in [1.54, 1.807) is 24.3 Å². The van der Waals surface area contributed by atoms with Crippen LogP contribution in [-0.2, 0) is 11.3 Å². The summed E-state index contributed by atoms with van der Waals surface area (Å²) < 4.78 is 0. The van der Waals surface area contributed by atoms with Gasteiger partial charge in [0, 0.05) is 35.7 Å². The number of nitrogens with one attached hydrogen (secondary N) is 1. The largest absolute Gasteiger partial charge is 0.326 e. The normalized spacial score (nSPS) is 14.7. The van der Waals surface area contributed by atoms with Gasteiger partial charge in [-0.15, -0.1) is 0 Å². The summed E-state index contributed by atoms with van der Waals surface area (Å²) in [5.41, 5.74) is 2.57. The molecule has 0 radical (unpaired) electrons. The van der Waals surface area contributed by atoms with E-state index in [1.807, 2.05) is 18.2 Å². The van der Waals surface area contributed by atoms with Crippen LogP contribution in [-0.4, -0.2) is 29.7 Å². The minimum atomic E-state index is -0.146. The molecule has 1 aliphatic heterocycles. The summed E-state index contributed by atoms with van der Waals surface area (Å²) in [7, 11) is 0. The highest BCUT2D eigenvalue weighted by Crippen LogP contribution is 2.17. The maximum Gasteiger partial charge on any atom is 0.224 e. The van der Waals surface area contributed by atoms with E-state index in [0.29, 0.717) is 10.6 Å². The number of hydrogen-bond acceptors (Lipinski definition) is 3. The quantitative estimate of drug-likeness (QED) is 0.689. The summed E-state index contributed by atoms with van der Waals surface area (Å²) in [6, 6.07) is 14.7. The third-order valence-electron chi connectivity index (χ3n) is 4.81. The molecular weight excluding hydrogens is 360 g/mol. The minimum Gasteiger partial charge on any atom is -0.326 e. The fraction of sp³-hybridized carbons (Fsp3) is 0.364. The lowest BCUT2D eigenvalue weighted by Crippen LogP contribution is -2.29. The monoisotopic (exact) mass is 384 g/mol. The molecule has 2 aromatic rings. The van der Waals surface area contributed by atoms with Gasteiger partial charge < -0.3 is 5.32 Å². The first-order valence-electron chi connectivity index (χ1n) is 9.50. The molecule has 0 spiro atoms. The molecule has 4 nitrogen and oxygen atoms in total. The average molecular weight is 385 g/mol. The average Bonchev–Trinajstić information content (AvgIpc) is 2.68. The number of benzene rings is 2. The van der Waals surface area contributed by atoms with Crippen LogP contribution in [0.5, 0.6) is 0 Å². The molecule has 1 aliphatic rings. The van der Waals surface area contributed by atoms with Gasteiger partial charge in [-0.2, -0.15) is 0 Å². The predicted molar refractivity (Wildman–Crippen MR) is 109 cm³/mol. The van der Waals surface area contributed by atoms with Crippen LogP contribution in [0.1, 0.15) is 48.0 Å². The third kappa shape index (κ3) is 6.19. The lowest BCUT2D eigenvalue weighted by molar-refractivity contribution is -0.116. The predicted octanol–water partition coefficient (Wildman–Crippen LogP) is 4.93. The van der Waals surface area contributed by atoms with E-state index in [4.69, 9.17) is 11.6 Å². The summed E-state index contributed by atoms with van der Waals surface area (Å²) in [5, 5.41) is 3.50. The highest BCUT2D eigenvalue weighted by Gasteiger charge is 2.12. The van der Waals surface area contributed by atoms with Gasteiger partial charge in [-0.05, 0) is 67.9 Å². The Morgan fingerprint density at radius 2 is 1.70 bits per heavy atom. The van der Waals surface area contributed by atoms with E-state index < -0.39 is 0 Å². The first-order valence-corrected chi connectivity index (χ1v) is 9.88. The molecule has 5 heteroatoms. The molecule has 0 aliphatic carbocycles. The zero-order valence-corrected chi connectivity index (χ0v) is 16.2. The Labute approximate surface area is 165 Å². The Kier molecular flexibility index (Phi) is 7.02. The fourth-order valence-corrected chi connectivity index (χ4v) is 3.48. The van der Waals surface area contributed by atoms with Gasteiger partial charge in [-0.1, -0.05) is 30.2 Å². The zero-order valence-electron chi connectivity index (χ0n) is 15.4. The van der Waals surface area contributed by atoms with Crippen molar-refractivity contribution in [1.82, 2.24) is 4.90 Å². The Morgan fingerprint density at radius 1 is 0.963 bits per heavy atom. The van der Waals surface area contributed by atoms with Crippen LogP contribution in [0.4, 0.5) is 5.69 Å². The lowest BCUT2D eigenvalue weighted by Gasteiger charge is -2.26. The molecule has 1 saturated heterocycles. The van der Waals surface area contributed by atoms with Crippen LogP contribution in [0.3, 0.4) is 0 Å². The first-order chi connectivity index (χ1) is 13.1. The number of rotatable bonds is 7. The molecule has 0 atom stereocenters. The van der Waals surface area contributed by atoms with Gasteiger partial charge in [0.15, 0.2) is 5.78 Å². The van der Waals surface area contributed by atoms with Gasteiger partial charge >= 0.3 is 0 Å². The van der Waals surface area contributed by atoms with E-state index >= 15 is 0 Å². The van der Waals surface area contributed by atoms with Crippen molar-refractivity contribution in [2.24, 2.45) is 0 Å². The zero-order chi connectivity index (χ0) is 19.1. The number of halogens is 1. The first kappa shape index (κ1) is 19.6. The van der Waals surface area contributed by atoms with Crippen LogP contribution in [0, 0.1) is 0 Å². The highest BCUT2D eigenvalue weighted by molar-refractivity contribution is 6.30. The minimum absolute atomic E-state index is 0.0549. The lowest BCUT2D eigenvalue weighted by atomic mass is 10.1. The Balaban J connectivity index is 1.49. The molecule has 3 rings (SSSR count). The number of amides is 1. The molecule has 27 heavy (non-hydrogen) atoms. The molecule has 0 unspecified atom stereocenters. The Hall–Kier alpha value is -2.17. The van der Waals surface area contributed by atoms with Crippen molar-refractivity contribution in [3.63, 3.8) is 0 Å². The summed E-state index contributed by atoms with van der Waals surface area (Å²) in [6.07, 6.45) is 4.19. The van der Waals surface area contributed by atoms with Crippen LogP contribution in [0.15, 0.2) is 48.5 Å². The number of likely N-dealkylation sites (tertiary alicyclic amines) is 1. The van der Waals surface area contributed by atoms with E-state index in [9.17, 15) is 9.59 Å². The van der Waals surface area contributed by atoms with Gasteiger partial charge in [-0.25, -0.2) is 0 Å². The van der Waals surface area contributed by atoms with Crippen LogP contribution < -0.4 is 5.32 Å². The van der Waals surface area contributed by atoms with Crippen molar-refractivity contribution >= 4 is 29.0 Å². The summed E-state index contributed by atoms with van der Waals surface area (Å²) in [6.45, 7) is 3.20. The molecule has 1 amide bonds. The van der Waals surface area contributed by atoms with Crippen molar-refractivity contribution in [1.29, 1.82) is 0 Å². The van der Waals surface area contributed by atoms with Gasteiger partial charge in [0.05, 0.1) is 0 Å². The second kappa shape index (κ2) is 9.67. The van der Waals surface area contributed by atoms with Crippen molar-refractivity contribution in [3.8, 4) is 0 Å². The number of piperidine rings is 1. The van der Waals surface area contributed by atoms with Gasteiger partial charge in [-0.3, -0.25) is 14.5 Å². The maximum absolute atomic E-state index is 12.2. The molecule has 0 bridgehead atoms. The number of ketones is 1. The maximum atomic E-state index is 12.2. The van der Waals surface area contributed by atoms with Crippen molar-refractivity contribution in [2.45, 2.75) is 38.6 Å². The molecule has 1 N–H and O–H groups in total. The number of hydrogen-bond donors (Lipinski definition) is 1. The van der Waals surface area contributed by atoms with E-state index in [0.717, 1.165) is 25.3 Å². The Morgan fingerprint density at radius 3 is 2.44 bits per heavy atom. The number of Topliss-reactive ketones (excluding diaryl/α,β-unsaturated/α-hetero) is 1. The standard InChI is InChI=1S/C22H25ClN2O2/c23-19-9-7-18(8-10-19)21(26)11-12-22(27)24-20-6-4-5-17(15-20)16-25-13-2-1-3-14-25/h4-10,15H,1-3,11-14,16H2,(H,24,27). The molecule has 1 heterocycles. The van der Waals surface area contributed by atoms with Crippen LogP contribution in [0.2, 0.25) is 5.02 Å². The van der Waals surface area contributed by atoms with Gasteiger partial charge in [0.25, 0.3) is 0 Å². The second-order valence-corrected chi connectivity index (χ2v) is 7.45. The van der Waals surface area contributed by atoms with E-state index in [-0.39, 0.29) is 24.5 Å². The number of anilines is 1. The number of carbonyl (C=O) groups is 2. The van der Waals surface area contributed by atoms with Crippen molar-refractivity contribution in [3.05, 3.63) is 64.7 Å². The number of nitrogens with zero attached hydrogens (tertiary/aromatic N) is 1. The summed E-state index contributed by atoms with van der Waals surface area (Å²) in [5.74, 6) is -0.201. The van der Waals surface area contributed by atoms with Gasteiger partial charge in [0.2, 0.25) is 5.91 Å². The third-order valence-corrected chi connectivity index (χ3v) is 5.06. The van der Waals surface area contributed by atoms with Crippen LogP contribution in [0.25, 0.3) is 0 Å². The summed E-state index contributed by atoms with van der Waals surface area (Å²) >= 11 is 5.83. The molecular formula is C22H25ClN2O2.